The van der Waals surface area contributed by atoms with E-state index >= 15 is 0 Å². The van der Waals surface area contributed by atoms with E-state index < -0.39 is 0 Å². The number of carbonyl (C=O) groups is 1. The van der Waals surface area contributed by atoms with Crippen molar-refractivity contribution in [3.05, 3.63) is 0 Å². The number of alkyl halides is 1. The number of carbonyl (C=O) groups excluding carboxylic acids is 1. The van der Waals surface area contributed by atoms with Gasteiger partial charge in [-0.1, -0.05) is 36.4 Å². The SMILES string of the molecule is CC(C)CCCNC(=O)CCI. The molecule has 0 aromatic heterocycles. The first-order valence-electron chi connectivity index (χ1n) is 4.49. The highest BCUT2D eigenvalue weighted by atomic mass is 127. The topological polar surface area (TPSA) is 29.1 Å². The summed E-state index contributed by atoms with van der Waals surface area (Å²) >= 11 is 2.21. The van der Waals surface area contributed by atoms with E-state index in [1.807, 2.05) is 0 Å². The third-order valence-electron chi connectivity index (χ3n) is 1.60. The Labute approximate surface area is 88.6 Å². The van der Waals surface area contributed by atoms with Gasteiger partial charge < -0.3 is 5.32 Å². The molecule has 1 N–H and O–H groups in total. The normalized spacial score (nSPS) is 10.3. The lowest BCUT2D eigenvalue weighted by Crippen LogP contribution is -2.24. The molecule has 0 aliphatic rings. The lowest BCUT2D eigenvalue weighted by atomic mass is 10.1. The van der Waals surface area contributed by atoms with Gasteiger partial charge in [-0.2, -0.15) is 0 Å². The van der Waals surface area contributed by atoms with E-state index in [4.69, 9.17) is 0 Å². The largest absolute Gasteiger partial charge is 0.356 e. The number of amides is 1. The van der Waals surface area contributed by atoms with Crippen molar-refractivity contribution in [2.45, 2.75) is 33.1 Å². The molecule has 0 saturated heterocycles. The molecule has 0 radical (unpaired) electrons. The van der Waals surface area contributed by atoms with E-state index in [2.05, 4.69) is 41.8 Å². The van der Waals surface area contributed by atoms with Gasteiger partial charge in [0.1, 0.15) is 0 Å². The Balaban J connectivity index is 3.14. The summed E-state index contributed by atoms with van der Waals surface area (Å²) < 4.78 is 0.910. The molecule has 0 aliphatic heterocycles. The number of halogens is 1. The molecule has 3 heteroatoms. The number of nitrogens with one attached hydrogen (secondary N) is 1. The molecule has 0 aliphatic carbocycles. The summed E-state index contributed by atoms with van der Waals surface area (Å²) in [6.07, 6.45) is 2.96. The molecule has 0 aromatic carbocycles. The van der Waals surface area contributed by atoms with E-state index in [1.54, 1.807) is 0 Å². The second-order valence-electron chi connectivity index (χ2n) is 3.33. The Hall–Kier alpha value is 0.200. The van der Waals surface area contributed by atoms with Gasteiger partial charge in [0.2, 0.25) is 5.91 Å². The fourth-order valence-corrected chi connectivity index (χ4v) is 1.40. The maximum Gasteiger partial charge on any atom is 0.220 e. The van der Waals surface area contributed by atoms with Gasteiger partial charge in [0.25, 0.3) is 0 Å². The van der Waals surface area contributed by atoms with Crippen LogP contribution in [0.5, 0.6) is 0 Å². The highest BCUT2D eigenvalue weighted by Crippen LogP contribution is 2.01. The monoisotopic (exact) mass is 283 g/mol. The second kappa shape index (κ2) is 7.83. The van der Waals surface area contributed by atoms with Gasteiger partial charge in [-0.15, -0.1) is 0 Å². The van der Waals surface area contributed by atoms with Crippen LogP contribution in [0.4, 0.5) is 0 Å². The van der Waals surface area contributed by atoms with Crippen molar-refractivity contribution < 1.29 is 4.79 Å². The molecule has 0 saturated carbocycles. The maximum atomic E-state index is 11.0. The molecule has 2 nitrogen and oxygen atoms in total. The molecule has 0 aromatic rings. The van der Waals surface area contributed by atoms with Crippen LogP contribution in [0.15, 0.2) is 0 Å². The predicted octanol–water partition coefficient (Wildman–Crippen LogP) is 2.36. The highest BCUT2D eigenvalue weighted by molar-refractivity contribution is 14.1. The van der Waals surface area contributed by atoms with Gasteiger partial charge in [0.15, 0.2) is 0 Å². The third kappa shape index (κ3) is 8.30. The Morgan fingerprint density at radius 1 is 1.50 bits per heavy atom. The minimum atomic E-state index is 0.188. The molecule has 0 unspecified atom stereocenters. The van der Waals surface area contributed by atoms with Gasteiger partial charge in [0.05, 0.1) is 0 Å². The molecule has 12 heavy (non-hydrogen) atoms. The summed E-state index contributed by atoms with van der Waals surface area (Å²) in [5.74, 6) is 0.930. The summed E-state index contributed by atoms with van der Waals surface area (Å²) in [5.41, 5.74) is 0. The highest BCUT2D eigenvalue weighted by Gasteiger charge is 1.98. The Kier molecular flexibility index (Phi) is 7.96. The van der Waals surface area contributed by atoms with E-state index in [1.165, 1.54) is 6.42 Å². The van der Waals surface area contributed by atoms with Gasteiger partial charge in [-0.05, 0) is 18.8 Å². The van der Waals surface area contributed by atoms with Crippen molar-refractivity contribution in [1.29, 1.82) is 0 Å². The number of hydrogen-bond acceptors (Lipinski definition) is 1. The van der Waals surface area contributed by atoms with Crippen molar-refractivity contribution in [2.75, 3.05) is 11.0 Å². The van der Waals surface area contributed by atoms with Gasteiger partial charge in [0, 0.05) is 17.4 Å². The zero-order valence-electron chi connectivity index (χ0n) is 7.90. The molecule has 0 spiro atoms. The van der Waals surface area contributed by atoms with Crippen LogP contribution in [0.3, 0.4) is 0 Å². The summed E-state index contributed by atoms with van der Waals surface area (Å²) in [4.78, 5) is 11.0. The fourth-order valence-electron chi connectivity index (χ4n) is 0.912. The molecule has 0 heterocycles. The van der Waals surface area contributed by atoms with Gasteiger partial charge in [-0.25, -0.2) is 0 Å². The molecule has 0 fully saturated rings. The van der Waals surface area contributed by atoms with Gasteiger partial charge >= 0.3 is 0 Å². The summed E-state index contributed by atoms with van der Waals surface area (Å²) in [5, 5.41) is 2.90. The van der Waals surface area contributed by atoms with Crippen LogP contribution in [-0.2, 0) is 4.79 Å². The predicted molar refractivity (Wildman–Crippen MR) is 60.6 cm³/mol. The standard InChI is InChI=1S/C9H18INO/c1-8(2)4-3-7-11-9(12)5-6-10/h8H,3-7H2,1-2H3,(H,11,12). The Morgan fingerprint density at radius 3 is 2.67 bits per heavy atom. The first-order chi connectivity index (χ1) is 5.66. The molecule has 72 valence electrons. The van der Waals surface area contributed by atoms with Crippen molar-refractivity contribution in [1.82, 2.24) is 5.32 Å². The van der Waals surface area contributed by atoms with Crippen LogP contribution in [-0.4, -0.2) is 16.9 Å². The van der Waals surface area contributed by atoms with Crippen LogP contribution in [0.2, 0.25) is 0 Å². The average molecular weight is 283 g/mol. The minimum Gasteiger partial charge on any atom is -0.356 e. The van der Waals surface area contributed by atoms with E-state index in [0.717, 1.165) is 23.3 Å². The first kappa shape index (κ1) is 12.2. The average Bonchev–Trinajstić information content (AvgIpc) is 1.98. The number of rotatable bonds is 6. The fraction of sp³-hybridized carbons (Fsp3) is 0.889. The minimum absolute atomic E-state index is 0.188. The van der Waals surface area contributed by atoms with Crippen molar-refractivity contribution in [2.24, 2.45) is 5.92 Å². The molecular weight excluding hydrogens is 265 g/mol. The molecule has 0 atom stereocenters. The third-order valence-corrected chi connectivity index (χ3v) is 2.14. The zero-order valence-corrected chi connectivity index (χ0v) is 10.1. The quantitative estimate of drug-likeness (QED) is 0.452. The molecule has 0 rings (SSSR count). The number of hydrogen-bond donors (Lipinski definition) is 1. The van der Waals surface area contributed by atoms with Crippen LogP contribution in [0.1, 0.15) is 33.1 Å². The van der Waals surface area contributed by atoms with E-state index in [0.29, 0.717) is 6.42 Å². The van der Waals surface area contributed by atoms with Crippen molar-refractivity contribution >= 4 is 28.5 Å². The molecule has 0 bridgehead atoms. The van der Waals surface area contributed by atoms with Crippen molar-refractivity contribution in [3.8, 4) is 0 Å². The van der Waals surface area contributed by atoms with E-state index in [-0.39, 0.29) is 5.91 Å². The van der Waals surface area contributed by atoms with Gasteiger partial charge in [-0.3, -0.25) is 4.79 Å². The Morgan fingerprint density at radius 2 is 2.17 bits per heavy atom. The lowest BCUT2D eigenvalue weighted by molar-refractivity contribution is -0.120. The summed E-state index contributed by atoms with van der Waals surface area (Å²) in [6.45, 7) is 5.24. The summed E-state index contributed by atoms with van der Waals surface area (Å²) in [6, 6.07) is 0. The van der Waals surface area contributed by atoms with E-state index in [9.17, 15) is 4.79 Å². The van der Waals surface area contributed by atoms with Crippen LogP contribution < -0.4 is 5.32 Å². The molecular formula is C9H18INO. The zero-order chi connectivity index (χ0) is 9.40. The lowest BCUT2D eigenvalue weighted by Gasteiger charge is -2.05. The second-order valence-corrected chi connectivity index (χ2v) is 4.40. The first-order valence-corrected chi connectivity index (χ1v) is 6.02. The van der Waals surface area contributed by atoms with Crippen LogP contribution in [0, 0.1) is 5.92 Å². The smallest absolute Gasteiger partial charge is 0.220 e. The maximum absolute atomic E-state index is 11.0. The van der Waals surface area contributed by atoms with Crippen molar-refractivity contribution in [3.63, 3.8) is 0 Å². The molecule has 1 amide bonds. The summed E-state index contributed by atoms with van der Waals surface area (Å²) in [7, 11) is 0. The van der Waals surface area contributed by atoms with Crippen LogP contribution >= 0.6 is 22.6 Å². The van der Waals surface area contributed by atoms with Crippen LogP contribution in [0.25, 0.3) is 0 Å². The Bertz CT molecular complexity index is 126.